The van der Waals surface area contributed by atoms with Crippen LogP contribution in [0.3, 0.4) is 0 Å². The van der Waals surface area contributed by atoms with Crippen LogP contribution < -0.4 is 4.90 Å². The monoisotopic (exact) mass is 267 g/mol. The second kappa shape index (κ2) is 5.47. The summed E-state index contributed by atoms with van der Waals surface area (Å²) >= 11 is 0. The summed E-state index contributed by atoms with van der Waals surface area (Å²) < 4.78 is 13.7. The molecular weight excluding hydrogens is 245 g/mol. The molecular formula is C15H22FNO2. The molecule has 3 nitrogen and oxygen atoms in total. The molecule has 1 aromatic rings. The van der Waals surface area contributed by atoms with Crippen molar-refractivity contribution >= 4 is 5.69 Å². The highest BCUT2D eigenvalue weighted by molar-refractivity contribution is 5.58. The zero-order valence-electron chi connectivity index (χ0n) is 11.7. The lowest BCUT2D eigenvalue weighted by atomic mass is 10.0. The third-order valence-electron chi connectivity index (χ3n) is 4.14. The minimum Gasteiger partial charge on any atom is -0.394 e. The van der Waals surface area contributed by atoms with Crippen LogP contribution in [0.15, 0.2) is 12.1 Å². The van der Waals surface area contributed by atoms with Gasteiger partial charge in [-0.05, 0) is 43.9 Å². The van der Waals surface area contributed by atoms with Gasteiger partial charge in [0.25, 0.3) is 0 Å². The van der Waals surface area contributed by atoms with Crippen LogP contribution in [0.2, 0.25) is 0 Å². The molecule has 0 aromatic heterocycles. The molecule has 4 heteroatoms. The Morgan fingerprint density at radius 2 is 2.16 bits per heavy atom. The quantitative estimate of drug-likeness (QED) is 0.884. The smallest absolute Gasteiger partial charge is 0.126 e. The van der Waals surface area contributed by atoms with Gasteiger partial charge in [-0.15, -0.1) is 0 Å². The number of benzene rings is 1. The minimum absolute atomic E-state index is 0.0439. The van der Waals surface area contributed by atoms with E-state index in [-0.39, 0.29) is 18.5 Å². The molecule has 0 spiro atoms. The van der Waals surface area contributed by atoms with Gasteiger partial charge in [-0.2, -0.15) is 0 Å². The molecule has 1 heterocycles. The number of aliphatic hydroxyl groups is 2. The second-order valence-electron chi connectivity index (χ2n) is 5.55. The van der Waals surface area contributed by atoms with E-state index in [9.17, 15) is 14.6 Å². The number of halogens is 1. The Morgan fingerprint density at radius 3 is 2.74 bits per heavy atom. The molecule has 3 atom stereocenters. The topological polar surface area (TPSA) is 43.7 Å². The van der Waals surface area contributed by atoms with E-state index in [1.165, 1.54) is 6.07 Å². The molecule has 2 rings (SSSR count). The lowest BCUT2D eigenvalue weighted by Crippen LogP contribution is -2.36. The zero-order chi connectivity index (χ0) is 14.2. The van der Waals surface area contributed by atoms with E-state index in [1.54, 1.807) is 19.9 Å². The van der Waals surface area contributed by atoms with Gasteiger partial charge >= 0.3 is 0 Å². The van der Waals surface area contributed by atoms with Gasteiger partial charge in [-0.25, -0.2) is 4.39 Å². The van der Waals surface area contributed by atoms with Gasteiger partial charge in [0.1, 0.15) is 5.82 Å². The van der Waals surface area contributed by atoms with Crippen molar-refractivity contribution in [2.75, 3.05) is 18.1 Å². The number of aliphatic hydroxyl groups excluding tert-OH is 2. The van der Waals surface area contributed by atoms with E-state index in [2.05, 4.69) is 11.8 Å². The molecule has 2 N–H and O–H groups in total. The Balaban J connectivity index is 2.46. The van der Waals surface area contributed by atoms with Crippen LogP contribution in [0.1, 0.15) is 37.5 Å². The van der Waals surface area contributed by atoms with Crippen LogP contribution in [-0.2, 0) is 0 Å². The fraction of sp³-hybridized carbons (Fsp3) is 0.600. The Hall–Kier alpha value is -1.13. The van der Waals surface area contributed by atoms with Crippen molar-refractivity contribution in [2.24, 2.45) is 5.92 Å². The number of aryl methyl sites for hydroxylation is 1. The summed E-state index contributed by atoms with van der Waals surface area (Å²) in [6.07, 6.45) is 0.279. The molecule has 0 radical (unpaired) electrons. The first-order valence-corrected chi connectivity index (χ1v) is 6.81. The van der Waals surface area contributed by atoms with E-state index in [1.807, 2.05) is 0 Å². The first-order valence-electron chi connectivity index (χ1n) is 6.81. The lowest BCUT2D eigenvalue weighted by Gasteiger charge is -2.30. The lowest BCUT2D eigenvalue weighted by molar-refractivity contribution is 0.198. The molecule has 106 valence electrons. The van der Waals surface area contributed by atoms with Crippen molar-refractivity contribution in [3.05, 3.63) is 29.1 Å². The van der Waals surface area contributed by atoms with E-state index in [0.717, 1.165) is 18.7 Å². The molecule has 1 aromatic carbocycles. The summed E-state index contributed by atoms with van der Waals surface area (Å²) in [5.74, 6) is 0.102. The van der Waals surface area contributed by atoms with Crippen LogP contribution >= 0.6 is 0 Å². The van der Waals surface area contributed by atoms with Crippen LogP contribution in [0, 0.1) is 18.7 Å². The fourth-order valence-corrected chi connectivity index (χ4v) is 2.85. The molecule has 1 fully saturated rings. The number of hydrogen-bond acceptors (Lipinski definition) is 3. The Bertz CT molecular complexity index is 462. The van der Waals surface area contributed by atoms with Gasteiger partial charge in [0.15, 0.2) is 0 Å². The van der Waals surface area contributed by atoms with Crippen molar-refractivity contribution in [2.45, 2.75) is 39.3 Å². The molecule has 1 aliphatic heterocycles. The largest absolute Gasteiger partial charge is 0.394 e. The fourth-order valence-electron chi connectivity index (χ4n) is 2.85. The van der Waals surface area contributed by atoms with Gasteiger partial charge in [0, 0.05) is 17.8 Å². The van der Waals surface area contributed by atoms with Crippen molar-refractivity contribution in [3.8, 4) is 0 Å². The maximum atomic E-state index is 13.7. The summed E-state index contributed by atoms with van der Waals surface area (Å²) in [6.45, 7) is 6.38. The highest BCUT2D eigenvalue weighted by Gasteiger charge is 2.32. The van der Waals surface area contributed by atoms with Crippen molar-refractivity contribution in [1.29, 1.82) is 0 Å². The highest BCUT2D eigenvalue weighted by Crippen LogP contribution is 2.35. The molecule has 0 bridgehead atoms. The molecule has 0 saturated carbocycles. The maximum absolute atomic E-state index is 13.7. The van der Waals surface area contributed by atoms with E-state index in [4.69, 9.17) is 0 Å². The van der Waals surface area contributed by atoms with E-state index >= 15 is 0 Å². The van der Waals surface area contributed by atoms with Gasteiger partial charge in [0.2, 0.25) is 0 Å². The molecule has 2 unspecified atom stereocenters. The van der Waals surface area contributed by atoms with Crippen LogP contribution in [-0.4, -0.2) is 29.4 Å². The predicted octanol–water partition coefficient (Wildman–Crippen LogP) is 2.39. The van der Waals surface area contributed by atoms with Gasteiger partial charge in [0.05, 0.1) is 18.8 Å². The Morgan fingerprint density at radius 1 is 1.47 bits per heavy atom. The summed E-state index contributed by atoms with van der Waals surface area (Å²) in [7, 11) is 0. The number of anilines is 1. The summed E-state index contributed by atoms with van der Waals surface area (Å²) in [6, 6.07) is 3.23. The standard InChI is InChI=1S/C15H22FNO2/c1-9-4-5-17(15(9)8-18)14-6-10(2)13(16)7-12(14)11(3)19/h6-7,9,11,15,18-19H,4-5,8H2,1-3H3/t9?,11-,15?/m1/s1. The Kier molecular flexibility index (Phi) is 4.11. The summed E-state index contributed by atoms with van der Waals surface area (Å²) in [5.41, 5.74) is 2.00. The normalized spacial score (nSPS) is 24.8. The Labute approximate surface area is 113 Å². The number of hydrogen-bond donors (Lipinski definition) is 2. The molecule has 19 heavy (non-hydrogen) atoms. The van der Waals surface area contributed by atoms with E-state index in [0.29, 0.717) is 17.0 Å². The molecule has 0 aliphatic carbocycles. The van der Waals surface area contributed by atoms with Crippen LogP contribution in [0.4, 0.5) is 10.1 Å². The second-order valence-corrected chi connectivity index (χ2v) is 5.55. The molecule has 1 saturated heterocycles. The average Bonchev–Trinajstić information content (AvgIpc) is 2.72. The maximum Gasteiger partial charge on any atom is 0.126 e. The average molecular weight is 267 g/mol. The van der Waals surface area contributed by atoms with Crippen molar-refractivity contribution < 1.29 is 14.6 Å². The molecule has 1 aliphatic rings. The van der Waals surface area contributed by atoms with Crippen LogP contribution in [0.5, 0.6) is 0 Å². The van der Waals surface area contributed by atoms with Gasteiger partial charge in [-0.3, -0.25) is 0 Å². The first-order chi connectivity index (χ1) is 8.95. The number of nitrogens with zero attached hydrogens (tertiary/aromatic N) is 1. The summed E-state index contributed by atoms with van der Waals surface area (Å²) in [4.78, 5) is 2.10. The predicted molar refractivity (Wildman–Crippen MR) is 73.8 cm³/mol. The van der Waals surface area contributed by atoms with Crippen LogP contribution in [0.25, 0.3) is 0 Å². The summed E-state index contributed by atoms with van der Waals surface area (Å²) in [5, 5.41) is 19.4. The van der Waals surface area contributed by atoms with Crippen molar-refractivity contribution in [3.63, 3.8) is 0 Å². The minimum atomic E-state index is -0.722. The van der Waals surface area contributed by atoms with E-state index < -0.39 is 6.10 Å². The molecule has 0 amide bonds. The van der Waals surface area contributed by atoms with Gasteiger partial charge in [-0.1, -0.05) is 6.92 Å². The first kappa shape index (κ1) is 14.3. The highest BCUT2D eigenvalue weighted by atomic mass is 19.1. The third kappa shape index (κ3) is 2.60. The third-order valence-corrected chi connectivity index (χ3v) is 4.14. The van der Waals surface area contributed by atoms with Crippen molar-refractivity contribution in [1.82, 2.24) is 0 Å². The van der Waals surface area contributed by atoms with Gasteiger partial charge < -0.3 is 15.1 Å². The SMILES string of the molecule is Cc1cc(N2CCC(C)C2CO)c([C@@H](C)O)cc1F. The zero-order valence-corrected chi connectivity index (χ0v) is 11.7. The number of rotatable bonds is 3.